The molecule has 9 nitrogen and oxygen atoms in total. The van der Waals surface area contributed by atoms with E-state index in [0.29, 0.717) is 29.0 Å². The lowest BCUT2D eigenvalue weighted by molar-refractivity contribution is -0.384. The highest BCUT2D eigenvalue weighted by Crippen LogP contribution is 2.34. The van der Waals surface area contributed by atoms with E-state index in [4.69, 9.17) is 8.83 Å². The Balaban J connectivity index is 1.42. The van der Waals surface area contributed by atoms with E-state index in [1.54, 1.807) is 12.1 Å². The molecule has 2 heterocycles. The number of nitro groups is 1. The van der Waals surface area contributed by atoms with Crippen LogP contribution >= 0.6 is 11.8 Å². The van der Waals surface area contributed by atoms with Crippen LogP contribution in [0.1, 0.15) is 29.5 Å². The Kier molecular flexibility index (Phi) is 5.34. The van der Waals surface area contributed by atoms with Crippen LogP contribution in [0.5, 0.6) is 0 Å². The minimum absolute atomic E-state index is 0.000105. The highest BCUT2D eigenvalue weighted by Gasteiger charge is 2.20. The van der Waals surface area contributed by atoms with Gasteiger partial charge in [-0.25, -0.2) is 0 Å². The first kappa shape index (κ1) is 18.8. The van der Waals surface area contributed by atoms with E-state index in [0.717, 1.165) is 5.56 Å². The topological polar surface area (TPSA) is 121 Å². The van der Waals surface area contributed by atoms with Gasteiger partial charge < -0.3 is 8.83 Å². The summed E-state index contributed by atoms with van der Waals surface area (Å²) in [5, 5.41) is 27.2. The molecule has 0 unspecified atom stereocenters. The maximum atomic E-state index is 10.8. The normalized spacial score (nSPS) is 12.0. The molecule has 0 aliphatic rings. The van der Waals surface area contributed by atoms with E-state index in [9.17, 15) is 10.1 Å². The van der Waals surface area contributed by atoms with Gasteiger partial charge in [0.1, 0.15) is 0 Å². The third kappa shape index (κ3) is 4.49. The summed E-state index contributed by atoms with van der Waals surface area (Å²) in [5.74, 6) is 1.21. The van der Waals surface area contributed by atoms with Crippen LogP contribution in [-0.4, -0.2) is 25.3 Å². The van der Waals surface area contributed by atoms with Crippen LogP contribution in [0.4, 0.5) is 5.69 Å². The minimum atomic E-state index is -0.460. The maximum Gasteiger partial charge on any atom is 0.277 e. The first-order valence-electron chi connectivity index (χ1n) is 8.69. The van der Waals surface area contributed by atoms with Crippen molar-refractivity contribution in [3.63, 3.8) is 0 Å². The van der Waals surface area contributed by atoms with Gasteiger partial charge in [-0.05, 0) is 24.6 Å². The molecule has 146 valence electrons. The summed E-state index contributed by atoms with van der Waals surface area (Å²) in [6.07, 6.45) is 0.563. The predicted molar refractivity (Wildman–Crippen MR) is 104 cm³/mol. The van der Waals surface area contributed by atoms with Crippen molar-refractivity contribution >= 4 is 17.4 Å². The van der Waals surface area contributed by atoms with Gasteiger partial charge in [-0.15, -0.1) is 20.4 Å². The number of thioether (sulfide) groups is 1. The summed E-state index contributed by atoms with van der Waals surface area (Å²) in [7, 11) is 0. The number of nitro benzene ring substituents is 1. The highest BCUT2D eigenvalue weighted by molar-refractivity contribution is 7.99. The van der Waals surface area contributed by atoms with Gasteiger partial charge in [0.05, 0.1) is 16.6 Å². The zero-order valence-corrected chi connectivity index (χ0v) is 16.1. The fourth-order valence-corrected chi connectivity index (χ4v) is 3.30. The predicted octanol–water partition coefficient (Wildman–Crippen LogP) is 4.47. The van der Waals surface area contributed by atoms with Crippen LogP contribution in [0, 0.1) is 10.1 Å². The van der Waals surface area contributed by atoms with E-state index < -0.39 is 4.92 Å². The van der Waals surface area contributed by atoms with Gasteiger partial charge in [0, 0.05) is 17.7 Å². The SMILES string of the molecule is C[C@H](Sc1nnc(Cc2ccccc2)o1)c1nnc(-c2ccc([N+](=O)[O-])cc2)o1. The van der Waals surface area contributed by atoms with Crippen LogP contribution in [-0.2, 0) is 6.42 Å². The second kappa shape index (κ2) is 8.23. The van der Waals surface area contributed by atoms with Crippen molar-refractivity contribution in [3.05, 3.63) is 82.1 Å². The van der Waals surface area contributed by atoms with Gasteiger partial charge in [-0.3, -0.25) is 10.1 Å². The van der Waals surface area contributed by atoms with Gasteiger partial charge in [0.15, 0.2) is 0 Å². The number of rotatable bonds is 7. The molecule has 1 atom stereocenters. The standard InChI is InChI=1S/C19H15N5O4S/c1-12(29-19-23-20-16(27-19)11-13-5-3-2-4-6-13)17-21-22-18(28-17)14-7-9-15(10-8-14)24(25)26/h2-10,12H,11H2,1H3/t12-/m0/s1. The van der Waals surface area contributed by atoms with Gasteiger partial charge in [-0.1, -0.05) is 42.1 Å². The van der Waals surface area contributed by atoms with Gasteiger partial charge in [-0.2, -0.15) is 0 Å². The second-order valence-electron chi connectivity index (χ2n) is 6.13. The molecule has 29 heavy (non-hydrogen) atoms. The van der Waals surface area contributed by atoms with Crippen LogP contribution < -0.4 is 0 Å². The quantitative estimate of drug-likeness (QED) is 0.247. The Morgan fingerprint density at radius 3 is 2.48 bits per heavy atom. The molecule has 0 saturated carbocycles. The average molecular weight is 409 g/mol. The minimum Gasteiger partial charge on any atom is -0.419 e. The van der Waals surface area contributed by atoms with E-state index in [2.05, 4.69) is 20.4 Å². The van der Waals surface area contributed by atoms with Crippen molar-refractivity contribution in [2.45, 2.75) is 23.8 Å². The zero-order chi connectivity index (χ0) is 20.2. The van der Waals surface area contributed by atoms with Crippen LogP contribution in [0.2, 0.25) is 0 Å². The van der Waals surface area contributed by atoms with Crippen molar-refractivity contribution < 1.29 is 13.8 Å². The van der Waals surface area contributed by atoms with Crippen LogP contribution in [0.25, 0.3) is 11.5 Å². The zero-order valence-electron chi connectivity index (χ0n) is 15.3. The Labute approximate surface area is 169 Å². The number of hydrogen-bond acceptors (Lipinski definition) is 9. The summed E-state index contributed by atoms with van der Waals surface area (Å²) >= 11 is 1.32. The number of aromatic nitrogens is 4. The monoisotopic (exact) mass is 409 g/mol. The maximum absolute atomic E-state index is 10.8. The van der Waals surface area contributed by atoms with Crippen LogP contribution in [0.3, 0.4) is 0 Å². The molecule has 0 radical (unpaired) electrons. The summed E-state index contributed by atoms with van der Waals surface area (Å²) in [5.41, 5.74) is 1.69. The molecular formula is C19H15N5O4S. The molecule has 2 aromatic heterocycles. The van der Waals surface area contributed by atoms with E-state index >= 15 is 0 Å². The second-order valence-corrected chi connectivity index (χ2v) is 7.43. The fourth-order valence-electron chi connectivity index (χ4n) is 2.57. The lowest BCUT2D eigenvalue weighted by atomic mass is 10.2. The Morgan fingerprint density at radius 2 is 1.76 bits per heavy atom. The molecular weight excluding hydrogens is 394 g/mol. The van der Waals surface area contributed by atoms with Crippen molar-refractivity contribution in [2.24, 2.45) is 0 Å². The van der Waals surface area contributed by atoms with Crippen molar-refractivity contribution in [1.29, 1.82) is 0 Å². The summed E-state index contributed by atoms with van der Waals surface area (Å²) in [6, 6.07) is 15.8. The van der Waals surface area contributed by atoms with Gasteiger partial charge >= 0.3 is 0 Å². The highest BCUT2D eigenvalue weighted by atomic mass is 32.2. The smallest absolute Gasteiger partial charge is 0.277 e. The molecule has 2 aromatic carbocycles. The van der Waals surface area contributed by atoms with E-state index in [1.165, 1.54) is 23.9 Å². The molecule has 4 rings (SSSR count). The molecule has 0 saturated heterocycles. The molecule has 0 spiro atoms. The molecule has 10 heteroatoms. The van der Waals surface area contributed by atoms with Gasteiger partial charge in [0.2, 0.25) is 17.7 Å². The molecule has 0 N–H and O–H groups in total. The molecule has 0 bridgehead atoms. The lowest BCUT2D eigenvalue weighted by Gasteiger charge is -2.01. The summed E-state index contributed by atoms with van der Waals surface area (Å²) in [4.78, 5) is 10.3. The Hall–Kier alpha value is -3.53. The van der Waals surface area contributed by atoms with Gasteiger partial charge in [0.25, 0.3) is 10.9 Å². The van der Waals surface area contributed by atoms with Crippen molar-refractivity contribution in [3.8, 4) is 11.5 Å². The van der Waals surface area contributed by atoms with Crippen LogP contribution in [0.15, 0.2) is 68.7 Å². The van der Waals surface area contributed by atoms with E-state index in [1.807, 2.05) is 37.3 Å². The first-order chi connectivity index (χ1) is 14.1. The van der Waals surface area contributed by atoms with E-state index in [-0.39, 0.29) is 16.8 Å². The summed E-state index contributed by atoms with van der Waals surface area (Å²) < 4.78 is 11.4. The lowest BCUT2D eigenvalue weighted by Crippen LogP contribution is -1.88. The molecule has 0 aliphatic heterocycles. The third-order valence-corrected chi connectivity index (χ3v) is 4.96. The Bertz CT molecular complexity index is 1110. The molecule has 0 fully saturated rings. The number of non-ortho nitro benzene ring substituents is 1. The molecule has 0 amide bonds. The molecule has 0 aliphatic carbocycles. The third-order valence-electron chi connectivity index (χ3n) is 4.04. The largest absolute Gasteiger partial charge is 0.419 e. The summed E-state index contributed by atoms with van der Waals surface area (Å²) in [6.45, 7) is 1.89. The van der Waals surface area contributed by atoms with Crippen molar-refractivity contribution in [2.75, 3.05) is 0 Å². The fraction of sp³-hybridized carbons (Fsp3) is 0.158. The van der Waals surface area contributed by atoms with Crippen molar-refractivity contribution in [1.82, 2.24) is 20.4 Å². The molecule has 4 aromatic rings. The Morgan fingerprint density at radius 1 is 1.00 bits per heavy atom. The number of nitrogens with zero attached hydrogens (tertiary/aromatic N) is 5. The number of hydrogen-bond donors (Lipinski definition) is 0. The number of benzene rings is 2. The first-order valence-corrected chi connectivity index (χ1v) is 9.57. The average Bonchev–Trinajstić information content (AvgIpc) is 3.39.